The summed E-state index contributed by atoms with van der Waals surface area (Å²) in [5.41, 5.74) is 7.77. The Hall–Kier alpha value is -6.10. The molecule has 1 unspecified atom stereocenters. The minimum absolute atomic E-state index is 0.104. The SMILES string of the molecule is COC(=O)N[C@H](C(=O)N1CCCC1c1nc2c([nH]1)CCc1cc(C#Cc3ccc(-c4cnc([C@@H]5CCCN5C(=O)[C@@H](NC(=O)O)C(C)C)[nH]4)cc3)ccc1-2)C(C)C. The summed E-state index contributed by atoms with van der Waals surface area (Å²) in [4.78, 5) is 70.6. The fourth-order valence-corrected chi connectivity index (χ4v) is 8.22. The molecule has 1 aliphatic carbocycles. The molecule has 14 heteroatoms. The number of carboxylic acid groups (broad SMARTS) is 1. The van der Waals surface area contributed by atoms with Gasteiger partial charge in [-0.15, -0.1) is 0 Å². The third kappa shape index (κ3) is 8.24. The molecule has 2 aliphatic heterocycles. The second-order valence-corrected chi connectivity index (χ2v) is 15.7. The molecule has 4 atom stereocenters. The zero-order valence-corrected chi connectivity index (χ0v) is 33.0. The number of aryl methyl sites for hydroxylation is 2. The summed E-state index contributed by atoms with van der Waals surface area (Å²) in [5, 5.41) is 14.4. The van der Waals surface area contributed by atoms with Gasteiger partial charge in [-0.3, -0.25) is 9.59 Å². The van der Waals surface area contributed by atoms with Crippen LogP contribution in [0.1, 0.15) is 99.5 Å². The molecule has 2 saturated heterocycles. The van der Waals surface area contributed by atoms with Crippen LogP contribution in [0.5, 0.6) is 0 Å². The van der Waals surface area contributed by atoms with E-state index in [1.165, 1.54) is 12.7 Å². The number of rotatable bonds is 9. The molecule has 14 nitrogen and oxygen atoms in total. The standard InChI is InChI=1S/C43H50N8O6/c1-24(2)35(48-42(54)55)40(52)50-20-6-8-33(50)38-44-23-32(46-38)28-15-12-26(13-16-28)10-11-27-14-18-30-29(22-27)17-19-31-37(30)47-39(45-31)34-9-7-21-51(34)41(53)36(25(3)4)49-43(56)57-5/h12-16,18,22-25,33-36,48H,6-9,17,19-21H2,1-5H3,(H,44,46)(H,45,47)(H,49,56)(H,54,55)/t33-,34?,35-,36-/m0/s1. The lowest BCUT2D eigenvalue weighted by atomic mass is 9.91. The quantitative estimate of drug-likeness (QED) is 0.129. The summed E-state index contributed by atoms with van der Waals surface area (Å²) in [6.07, 6.45) is 4.79. The van der Waals surface area contributed by atoms with Gasteiger partial charge in [-0.2, -0.15) is 0 Å². The molecule has 298 valence electrons. The number of benzene rings is 2. The first-order chi connectivity index (χ1) is 27.4. The molecular formula is C43H50N8O6. The summed E-state index contributed by atoms with van der Waals surface area (Å²) < 4.78 is 4.78. The lowest BCUT2D eigenvalue weighted by Gasteiger charge is -2.30. The normalized spacial score (nSPS) is 18.4. The fraction of sp³-hybridized carbons (Fsp3) is 0.442. The Balaban J connectivity index is 1.02. The van der Waals surface area contributed by atoms with Gasteiger partial charge in [0.25, 0.3) is 0 Å². The number of amides is 4. The number of nitrogens with one attached hydrogen (secondary N) is 4. The maximum atomic E-state index is 13.6. The van der Waals surface area contributed by atoms with Crippen LogP contribution in [0.2, 0.25) is 0 Å². The molecule has 0 spiro atoms. The number of aromatic amines is 2. The number of alkyl carbamates (subject to hydrolysis) is 1. The molecular weight excluding hydrogens is 725 g/mol. The van der Waals surface area contributed by atoms with Crippen molar-refractivity contribution in [3.8, 4) is 34.4 Å². The number of nitrogens with zero attached hydrogens (tertiary/aromatic N) is 4. The van der Waals surface area contributed by atoms with Crippen molar-refractivity contribution in [2.75, 3.05) is 20.2 Å². The molecule has 57 heavy (non-hydrogen) atoms. The van der Waals surface area contributed by atoms with E-state index < -0.39 is 24.3 Å². The van der Waals surface area contributed by atoms with Crippen LogP contribution < -0.4 is 10.6 Å². The number of aromatic nitrogens is 4. The van der Waals surface area contributed by atoms with Crippen LogP contribution >= 0.6 is 0 Å². The Morgan fingerprint density at radius 3 is 2.07 bits per heavy atom. The second kappa shape index (κ2) is 16.6. The van der Waals surface area contributed by atoms with Crippen molar-refractivity contribution < 1.29 is 29.0 Å². The maximum absolute atomic E-state index is 13.6. The Labute approximate surface area is 332 Å². The predicted octanol–water partition coefficient (Wildman–Crippen LogP) is 5.97. The van der Waals surface area contributed by atoms with Crippen LogP contribution in [-0.4, -0.2) is 91.1 Å². The Morgan fingerprint density at radius 1 is 0.825 bits per heavy atom. The van der Waals surface area contributed by atoms with E-state index >= 15 is 0 Å². The average Bonchev–Trinajstić information content (AvgIpc) is 4.03. The number of hydrogen-bond donors (Lipinski definition) is 5. The number of methoxy groups -OCH3 is 1. The molecule has 0 bridgehead atoms. The highest BCUT2D eigenvalue weighted by molar-refractivity contribution is 5.87. The van der Waals surface area contributed by atoms with Crippen LogP contribution in [0.3, 0.4) is 0 Å². The lowest BCUT2D eigenvalue weighted by molar-refractivity contribution is -0.136. The molecule has 3 aliphatic rings. The number of carbonyl (C=O) groups excluding carboxylic acids is 3. The molecule has 5 N–H and O–H groups in total. The van der Waals surface area contributed by atoms with Gasteiger partial charge < -0.3 is 40.2 Å². The third-order valence-electron chi connectivity index (χ3n) is 11.3. The molecule has 0 radical (unpaired) electrons. The van der Waals surface area contributed by atoms with E-state index in [-0.39, 0.29) is 35.7 Å². The average molecular weight is 775 g/mol. The highest BCUT2D eigenvalue weighted by Gasteiger charge is 2.39. The predicted molar refractivity (Wildman–Crippen MR) is 213 cm³/mol. The van der Waals surface area contributed by atoms with Gasteiger partial charge in [0, 0.05) is 35.5 Å². The summed E-state index contributed by atoms with van der Waals surface area (Å²) >= 11 is 0. The van der Waals surface area contributed by atoms with Gasteiger partial charge in [0.1, 0.15) is 23.7 Å². The minimum atomic E-state index is -1.21. The first-order valence-corrected chi connectivity index (χ1v) is 19.8. The van der Waals surface area contributed by atoms with Crippen molar-refractivity contribution in [3.63, 3.8) is 0 Å². The zero-order valence-electron chi connectivity index (χ0n) is 33.0. The van der Waals surface area contributed by atoms with E-state index in [1.807, 2.05) is 62.9 Å². The van der Waals surface area contributed by atoms with E-state index in [0.717, 1.165) is 83.7 Å². The smallest absolute Gasteiger partial charge is 0.407 e. The molecule has 7 rings (SSSR count). The summed E-state index contributed by atoms with van der Waals surface area (Å²) in [5.74, 6) is 7.43. The van der Waals surface area contributed by atoms with Crippen molar-refractivity contribution in [1.29, 1.82) is 0 Å². The highest BCUT2D eigenvalue weighted by Crippen LogP contribution is 2.38. The number of carbonyl (C=O) groups is 4. The minimum Gasteiger partial charge on any atom is -0.465 e. The van der Waals surface area contributed by atoms with E-state index in [2.05, 4.69) is 49.6 Å². The Bertz CT molecular complexity index is 2210. The first-order valence-electron chi connectivity index (χ1n) is 19.8. The van der Waals surface area contributed by atoms with Crippen LogP contribution in [0.25, 0.3) is 22.5 Å². The van der Waals surface area contributed by atoms with Gasteiger partial charge in [-0.1, -0.05) is 57.7 Å². The van der Waals surface area contributed by atoms with Gasteiger partial charge in [-0.25, -0.2) is 19.6 Å². The molecule has 4 amide bonds. The maximum Gasteiger partial charge on any atom is 0.407 e. The third-order valence-corrected chi connectivity index (χ3v) is 11.3. The number of fused-ring (bicyclic) bond motifs is 3. The van der Waals surface area contributed by atoms with Gasteiger partial charge in [0.05, 0.1) is 36.8 Å². The van der Waals surface area contributed by atoms with Crippen LogP contribution in [0.4, 0.5) is 9.59 Å². The van der Waals surface area contributed by atoms with E-state index in [0.29, 0.717) is 18.9 Å². The molecule has 0 saturated carbocycles. The van der Waals surface area contributed by atoms with E-state index in [4.69, 9.17) is 9.72 Å². The zero-order chi connectivity index (χ0) is 40.4. The van der Waals surface area contributed by atoms with Gasteiger partial charge in [0.15, 0.2) is 0 Å². The number of H-pyrrole nitrogens is 2. The van der Waals surface area contributed by atoms with Gasteiger partial charge in [-0.05, 0) is 85.8 Å². The van der Waals surface area contributed by atoms with Crippen LogP contribution in [-0.2, 0) is 27.2 Å². The molecule has 2 fully saturated rings. The molecule has 2 aromatic carbocycles. The van der Waals surface area contributed by atoms with Crippen molar-refractivity contribution in [2.24, 2.45) is 11.8 Å². The number of hydrogen-bond acceptors (Lipinski definition) is 7. The van der Waals surface area contributed by atoms with E-state index in [1.54, 1.807) is 11.1 Å². The van der Waals surface area contributed by atoms with Gasteiger partial charge >= 0.3 is 12.2 Å². The van der Waals surface area contributed by atoms with Crippen molar-refractivity contribution in [2.45, 2.75) is 90.4 Å². The summed E-state index contributed by atoms with van der Waals surface area (Å²) in [7, 11) is 1.29. The molecule has 4 heterocycles. The van der Waals surface area contributed by atoms with Crippen LogP contribution in [0.15, 0.2) is 48.7 Å². The number of imidazole rings is 2. The highest BCUT2D eigenvalue weighted by atomic mass is 16.5. The monoisotopic (exact) mass is 774 g/mol. The summed E-state index contributed by atoms with van der Waals surface area (Å²) in [6, 6.07) is 12.2. The number of ether oxygens (including phenoxy) is 1. The molecule has 4 aromatic rings. The second-order valence-electron chi connectivity index (χ2n) is 15.7. The number of likely N-dealkylation sites (tertiary alicyclic amines) is 2. The van der Waals surface area contributed by atoms with Gasteiger partial charge in [0.2, 0.25) is 11.8 Å². The largest absolute Gasteiger partial charge is 0.465 e. The Morgan fingerprint density at radius 2 is 1.44 bits per heavy atom. The van der Waals surface area contributed by atoms with Crippen LogP contribution in [0, 0.1) is 23.7 Å². The topological polar surface area (TPSA) is 186 Å². The lowest BCUT2D eigenvalue weighted by Crippen LogP contribution is -2.51. The van der Waals surface area contributed by atoms with Crippen molar-refractivity contribution in [1.82, 2.24) is 40.4 Å². The fourth-order valence-electron chi connectivity index (χ4n) is 8.22. The van der Waals surface area contributed by atoms with Crippen molar-refractivity contribution >= 4 is 24.0 Å². The van der Waals surface area contributed by atoms with Crippen molar-refractivity contribution in [3.05, 3.63) is 82.7 Å². The Kier molecular flexibility index (Phi) is 11.4. The summed E-state index contributed by atoms with van der Waals surface area (Å²) in [6.45, 7) is 8.63. The first kappa shape index (κ1) is 39.1. The molecule has 2 aromatic heterocycles. The van der Waals surface area contributed by atoms with E-state index in [9.17, 15) is 24.3 Å².